The van der Waals surface area contributed by atoms with Crippen molar-refractivity contribution in [3.63, 3.8) is 0 Å². The Kier molecular flexibility index (Phi) is 4.91. The first kappa shape index (κ1) is 14.4. The fourth-order valence-corrected chi connectivity index (χ4v) is 2.64. The zero-order chi connectivity index (χ0) is 13.1. The van der Waals surface area contributed by atoms with E-state index >= 15 is 0 Å². The molecule has 7 heteroatoms. The summed E-state index contributed by atoms with van der Waals surface area (Å²) in [5.74, 6) is -0.603. The summed E-state index contributed by atoms with van der Waals surface area (Å²) in [6, 6.07) is 4.09. The molecule has 1 unspecified atom stereocenters. The van der Waals surface area contributed by atoms with Crippen LogP contribution in [0.1, 0.15) is 6.92 Å². The summed E-state index contributed by atoms with van der Waals surface area (Å²) in [6.45, 7) is 1.85. The molecule has 0 saturated heterocycles. The van der Waals surface area contributed by atoms with Gasteiger partial charge in [0, 0.05) is 11.0 Å². The minimum Gasteiger partial charge on any atom is -0.318 e. The summed E-state index contributed by atoms with van der Waals surface area (Å²) < 4.78 is 39.9. The molecule has 0 amide bonds. The largest absolute Gasteiger partial charge is 0.318 e. The number of sulfonamides is 1. The van der Waals surface area contributed by atoms with Gasteiger partial charge in [-0.1, -0.05) is 15.9 Å². The van der Waals surface area contributed by atoms with Gasteiger partial charge < -0.3 is 5.32 Å². The molecule has 17 heavy (non-hydrogen) atoms. The molecule has 0 spiro atoms. The van der Waals surface area contributed by atoms with E-state index in [4.69, 9.17) is 0 Å². The fraction of sp³-hybridized carbons (Fsp3) is 0.400. The second-order valence-corrected chi connectivity index (χ2v) is 6.65. The van der Waals surface area contributed by atoms with Gasteiger partial charge in [0.05, 0.1) is 10.9 Å². The first-order valence-electron chi connectivity index (χ1n) is 4.98. The minimum absolute atomic E-state index is 0.0534. The molecule has 0 radical (unpaired) electrons. The van der Waals surface area contributed by atoms with Gasteiger partial charge in [0.25, 0.3) is 0 Å². The van der Waals surface area contributed by atoms with Gasteiger partial charge in [-0.25, -0.2) is 12.8 Å². The lowest BCUT2D eigenvalue weighted by Crippen LogP contribution is -2.33. The van der Waals surface area contributed by atoms with E-state index in [2.05, 4.69) is 26.0 Å². The van der Waals surface area contributed by atoms with Crippen molar-refractivity contribution in [3.8, 4) is 0 Å². The van der Waals surface area contributed by atoms with Gasteiger partial charge in [0.1, 0.15) is 5.82 Å². The van der Waals surface area contributed by atoms with Crippen LogP contribution in [0.25, 0.3) is 0 Å². The number of rotatable bonds is 5. The maximum atomic E-state index is 13.4. The van der Waals surface area contributed by atoms with E-state index < -0.39 is 21.1 Å². The summed E-state index contributed by atoms with van der Waals surface area (Å²) in [5, 5.41) is 2.12. The van der Waals surface area contributed by atoms with Gasteiger partial charge in [0.15, 0.2) is 0 Å². The predicted octanol–water partition coefficient (Wildman–Crippen LogP) is 1.94. The second-order valence-electron chi connectivity index (χ2n) is 3.64. The molecular formula is C10H14BrFN2O2S. The van der Waals surface area contributed by atoms with Crippen molar-refractivity contribution in [3.05, 3.63) is 28.5 Å². The topological polar surface area (TPSA) is 58.2 Å². The first-order chi connectivity index (χ1) is 7.86. The van der Waals surface area contributed by atoms with Gasteiger partial charge in [-0.05, 0) is 32.2 Å². The molecule has 0 bridgehead atoms. The Balaban J connectivity index is 2.94. The van der Waals surface area contributed by atoms with Crippen LogP contribution in [0.3, 0.4) is 0 Å². The molecule has 1 rings (SSSR count). The molecule has 0 heterocycles. The molecule has 2 N–H and O–H groups in total. The Bertz CT molecular complexity index is 493. The van der Waals surface area contributed by atoms with E-state index in [-0.39, 0.29) is 5.69 Å². The van der Waals surface area contributed by atoms with Crippen LogP contribution >= 0.6 is 15.9 Å². The van der Waals surface area contributed by atoms with Crippen LogP contribution in [0, 0.1) is 5.82 Å². The van der Waals surface area contributed by atoms with Gasteiger partial charge >= 0.3 is 0 Å². The van der Waals surface area contributed by atoms with Crippen molar-refractivity contribution < 1.29 is 12.8 Å². The number of nitrogens with one attached hydrogen (secondary N) is 2. The quantitative estimate of drug-likeness (QED) is 0.870. The van der Waals surface area contributed by atoms with Crippen molar-refractivity contribution in [2.24, 2.45) is 0 Å². The third-order valence-electron chi connectivity index (χ3n) is 2.20. The number of benzene rings is 1. The third-order valence-corrected chi connectivity index (χ3v) is 4.43. The molecule has 1 atom stereocenters. The van der Waals surface area contributed by atoms with Gasteiger partial charge in [-0.3, -0.25) is 4.72 Å². The number of halogens is 2. The molecule has 0 aliphatic heterocycles. The van der Waals surface area contributed by atoms with E-state index in [1.165, 1.54) is 18.2 Å². The van der Waals surface area contributed by atoms with Crippen LogP contribution in [-0.4, -0.2) is 27.3 Å². The zero-order valence-electron chi connectivity index (χ0n) is 9.50. The SMILES string of the molecule is CNCC(C)S(=O)(=O)Nc1cc(Br)ccc1F. The molecule has 1 aromatic carbocycles. The van der Waals surface area contributed by atoms with Crippen LogP contribution in [0.2, 0.25) is 0 Å². The number of hydrogen-bond acceptors (Lipinski definition) is 3. The van der Waals surface area contributed by atoms with E-state index in [0.717, 1.165) is 0 Å². The van der Waals surface area contributed by atoms with E-state index in [0.29, 0.717) is 11.0 Å². The third kappa shape index (κ3) is 3.93. The molecule has 4 nitrogen and oxygen atoms in total. The molecule has 96 valence electrons. The lowest BCUT2D eigenvalue weighted by atomic mass is 10.3. The number of anilines is 1. The summed E-state index contributed by atoms with van der Waals surface area (Å²) in [7, 11) is -1.93. The van der Waals surface area contributed by atoms with Gasteiger partial charge in [-0.2, -0.15) is 0 Å². The van der Waals surface area contributed by atoms with Crippen LogP contribution in [0.5, 0.6) is 0 Å². The monoisotopic (exact) mass is 324 g/mol. The standard InChI is InChI=1S/C10H14BrFN2O2S/c1-7(6-13-2)17(15,16)14-10-5-8(11)3-4-9(10)12/h3-5,7,13-14H,6H2,1-2H3. The first-order valence-corrected chi connectivity index (χ1v) is 7.32. The van der Waals surface area contributed by atoms with Crippen LogP contribution in [0.4, 0.5) is 10.1 Å². The van der Waals surface area contributed by atoms with E-state index in [1.807, 2.05) is 0 Å². The Morgan fingerprint density at radius 2 is 2.12 bits per heavy atom. The minimum atomic E-state index is -3.59. The van der Waals surface area contributed by atoms with Crippen molar-refractivity contribution in [2.45, 2.75) is 12.2 Å². The second kappa shape index (κ2) is 5.79. The molecule has 0 fully saturated rings. The maximum absolute atomic E-state index is 13.4. The van der Waals surface area contributed by atoms with Crippen molar-refractivity contribution in [1.29, 1.82) is 0 Å². The van der Waals surface area contributed by atoms with E-state index in [9.17, 15) is 12.8 Å². The molecule has 0 saturated carbocycles. The Morgan fingerprint density at radius 3 is 2.71 bits per heavy atom. The average Bonchev–Trinajstić information content (AvgIpc) is 2.23. The highest BCUT2D eigenvalue weighted by Gasteiger charge is 2.21. The normalized spacial score (nSPS) is 13.4. The van der Waals surface area contributed by atoms with Gasteiger partial charge in [0.2, 0.25) is 10.0 Å². The predicted molar refractivity (Wildman–Crippen MR) is 70.0 cm³/mol. The van der Waals surface area contributed by atoms with Crippen LogP contribution < -0.4 is 10.0 Å². The van der Waals surface area contributed by atoms with Crippen molar-refractivity contribution >= 4 is 31.6 Å². The molecule has 0 aliphatic rings. The van der Waals surface area contributed by atoms with Crippen LogP contribution in [-0.2, 0) is 10.0 Å². The Morgan fingerprint density at radius 1 is 1.47 bits per heavy atom. The smallest absolute Gasteiger partial charge is 0.236 e. The molecule has 0 aromatic heterocycles. The average molecular weight is 325 g/mol. The highest BCUT2D eigenvalue weighted by molar-refractivity contribution is 9.10. The molecule has 0 aliphatic carbocycles. The summed E-state index contributed by atoms with van der Waals surface area (Å²) in [5.41, 5.74) is -0.0534. The number of hydrogen-bond donors (Lipinski definition) is 2. The highest BCUT2D eigenvalue weighted by Crippen LogP contribution is 2.21. The van der Waals surface area contributed by atoms with Gasteiger partial charge in [-0.15, -0.1) is 0 Å². The molecular weight excluding hydrogens is 311 g/mol. The maximum Gasteiger partial charge on any atom is 0.236 e. The Hall–Kier alpha value is -0.660. The fourth-order valence-electron chi connectivity index (χ4n) is 1.23. The van der Waals surface area contributed by atoms with E-state index in [1.54, 1.807) is 14.0 Å². The molecule has 1 aromatic rings. The lowest BCUT2D eigenvalue weighted by molar-refractivity contribution is 0.582. The zero-order valence-corrected chi connectivity index (χ0v) is 11.9. The summed E-state index contributed by atoms with van der Waals surface area (Å²) >= 11 is 3.16. The lowest BCUT2D eigenvalue weighted by Gasteiger charge is -2.14. The van der Waals surface area contributed by atoms with Crippen molar-refractivity contribution in [2.75, 3.05) is 18.3 Å². The highest BCUT2D eigenvalue weighted by atomic mass is 79.9. The van der Waals surface area contributed by atoms with Crippen LogP contribution in [0.15, 0.2) is 22.7 Å². The summed E-state index contributed by atoms with van der Waals surface area (Å²) in [4.78, 5) is 0. The Labute approximate surface area is 109 Å². The van der Waals surface area contributed by atoms with Crippen molar-refractivity contribution in [1.82, 2.24) is 5.32 Å². The summed E-state index contributed by atoms with van der Waals surface area (Å²) in [6.07, 6.45) is 0.